The van der Waals surface area contributed by atoms with Crippen LogP contribution in [0.1, 0.15) is 6.42 Å². The zero-order valence-electron chi connectivity index (χ0n) is 29.1. The fourth-order valence-electron chi connectivity index (χ4n) is 6.35. The fourth-order valence-corrected chi connectivity index (χ4v) is 6.35. The first-order valence-electron chi connectivity index (χ1n) is 16.8. The van der Waals surface area contributed by atoms with Crippen LogP contribution in [0.2, 0.25) is 0 Å². The Morgan fingerprint density at radius 1 is 1.19 bits per heavy atom. The van der Waals surface area contributed by atoms with Crippen LogP contribution in [0.4, 0.5) is 0 Å². The molecule has 3 rings (SSSR count). The van der Waals surface area contributed by atoms with E-state index in [0.717, 1.165) is 6.26 Å². The van der Waals surface area contributed by atoms with E-state index >= 15 is 0 Å². The molecule has 2 saturated heterocycles. The van der Waals surface area contributed by atoms with Crippen molar-refractivity contribution in [3.8, 4) is 0 Å². The molecule has 3 aliphatic heterocycles. The summed E-state index contributed by atoms with van der Waals surface area (Å²) in [5.41, 5.74) is 6.12. The van der Waals surface area contributed by atoms with Gasteiger partial charge in [-0.05, 0) is 13.5 Å². The summed E-state index contributed by atoms with van der Waals surface area (Å²) >= 11 is 0. The Bertz CT molecular complexity index is 1260. The highest BCUT2D eigenvalue weighted by Gasteiger charge is 2.58. The van der Waals surface area contributed by atoms with Gasteiger partial charge in [0.1, 0.15) is 18.4 Å². The second-order valence-electron chi connectivity index (χ2n) is 12.5. The number of hydrogen-bond acceptors (Lipinski definition) is 17. The third kappa shape index (κ3) is 10.5. The van der Waals surface area contributed by atoms with Crippen LogP contribution in [-0.2, 0) is 33.3 Å². The van der Waals surface area contributed by atoms with Gasteiger partial charge in [-0.1, -0.05) is 18.2 Å². The van der Waals surface area contributed by atoms with E-state index in [2.05, 4.69) is 22.2 Å². The first-order valence-corrected chi connectivity index (χ1v) is 16.8. The summed E-state index contributed by atoms with van der Waals surface area (Å²) in [4.78, 5) is 31.4. The van der Waals surface area contributed by atoms with Gasteiger partial charge in [0.05, 0.1) is 56.6 Å². The summed E-state index contributed by atoms with van der Waals surface area (Å²) in [5, 5.41) is 86.4. The summed E-state index contributed by atoms with van der Waals surface area (Å²) in [5.74, 6) is -8.43. The molecule has 0 radical (unpaired) electrons. The molecule has 20 nitrogen and oxygen atoms in total. The number of carbonyl (C=O) groups is 2. The number of guanidine groups is 1. The molecule has 0 bridgehead atoms. The monoisotopic (exact) mass is 747 g/mol. The van der Waals surface area contributed by atoms with Crippen molar-refractivity contribution in [3.63, 3.8) is 0 Å². The molecule has 0 saturated carbocycles. The van der Waals surface area contributed by atoms with Crippen molar-refractivity contribution in [1.29, 1.82) is 0 Å². The summed E-state index contributed by atoms with van der Waals surface area (Å²) in [6.45, 7) is 2.82. The van der Waals surface area contributed by atoms with Gasteiger partial charge in [0, 0.05) is 44.6 Å². The number of likely N-dealkylation sites (tertiary alicyclic amines) is 1. The number of allylic oxidation sites excluding steroid dienone is 1. The van der Waals surface area contributed by atoms with Gasteiger partial charge in [0.15, 0.2) is 18.4 Å². The van der Waals surface area contributed by atoms with E-state index in [1.54, 1.807) is 17.1 Å². The molecule has 0 aromatic rings. The Labute approximate surface area is 300 Å². The van der Waals surface area contributed by atoms with Crippen molar-refractivity contribution in [2.75, 3.05) is 66.8 Å². The molecule has 2 fully saturated rings. The van der Waals surface area contributed by atoms with Crippen molar-refractivity contribution in [2.24, 2.45) is 34.4 Å². The van der Waals surface area contributed by atoms with E-state index in [1.165, 1.54) is 20.2 Å². The van der Waals surface area contributed by atoms with E-state index in [9.17, 15) is 45.3 Å². The molecule has 0 amide bonds. The molecule has 20 heteroatoms. The number of piperidine rings is 1. The second-order valence-corrected chi connectivity index (χ2v) is 12.5. The largest absolute Gasteiger partial charge is 0.481 e. The quantitative estimate of drug-likeness (QED) is 0.0157. The minimum absolute atomic E-state index is 0.0195. The normalized spacial score (nSPS) is 33.2. The number of aliphatic hydroxyl groups is 7. The fraction of sp³-hybridized carbons (Fsp3) is 0.719. The van der Waals surface area contributed by atoms with Crippen LogP contribution >= 0.6 is 0 Å². The highest BCUT2D eigenvalue weighted by atomic mass is 16.8. The number of ether oxygens (including phenoxy) is 5. The zero-order valence-corrected chi connectivity index (χ0v) is 29.1. The predicted molar refractivity (Wildman–Crippen MR) is 179 cm³/mol. The maximum Gasteiger partial charge on any atom is 0.337 e. The van der Waals surface area contributed by atoms with Crippen LogP contribution in [0.25, 0.3) is 0 Å². The van der Waals surface area contributed by atoms with E-state index < -0.39 is 97.8 Å². The molecule has 0 aromatic heterocycles. The summed E-state index contributed by atoms with van der Waals surface area (Å²) in [6, 6.07) is -0.801. The highest BCUT2D eigenvalue weighted by Crippen LogP contribution is 2.39. The second kappa shape index (κ2) is 20.3. The Morgan fingerprint density at radius 2 is 1.92 bits per heavy atom. The minimum Gasteiger partial charge on any atom is -0.481 e. The van der Waals surface area contributed by atoms with E-state index in [4.69, 9.17) is 34.5 Å². The number of nitrogens with zero attached hydrogens (tertiary/aromatic N) is 2. The Kier molecular flexibility index (Phi) is 16.8. The van der Waals surface area contributed by atoms with E-state index in [0.29, 0.717) is 6.42 Å². The molecule has 11 atom stereocenters. The minimum atomic E-state index is -3.06. The molecule has 0 aromatic carbocycles. The topological polar surface area (TPSA) is 308 Å². The number of nitrogens with one attached hydrogen (secondary N) is 2. The lowest BCUT2D eigenvalue weighted by molar-refractivity contribution is -0.416. The SMILES string of the molecule is C=CC1C(OC2OC(CO)C(O)C(O)(O)C2OC(CO)NC)OC=C(C(=O)OC)C1C=CC1CN(CCO)CC(C(=O)O)C1NC(N)=NCCCO. The van der Waals surface area contributed by atoms with Crippen LogP contribution in [0.5, 0.6) is 0 Å². The van der Waals surface area contributed by atoms with Gasteiger partial charge in [0.25, 0.3) is 0 Å². The molecule has 3 heterocycles. The van der Waals surface area contributed by atoms with Crippen molar-refractivity contribution >= 4 is 17.9 Å². The number of carbonyl (C=O) groups excluding carboxylic acids is 1. The van der Waals surface area contributed by atoms with Crippen molar-refractivity contribution in [2.45, 2.75) is 55.4 Å². The lowest BCUT2D eigenvalue weighted by atomic mass is 9.79. The van der Waals surface area contributed by atoms with Gasteiger partial charge >= 0.3 is 11.9 Å². The molecular formula is C32H53N5O15. The van der Waals surface area contributed by atoms with Gasteiger partial charge < -0.3 is 75.6 Å². The Balaban J connectivity index is 2.02. The van der Waals surface area contributed by atoms with Crippen LogP contribution in [0.15, 0.2) is 41.6 Å². The standard InChI is InChI=1S/C32H53N5O15/c1-4-18-19(7-6-17-12-37(9-11-39)13-20(27(43)44)24(17)36-31(33)35-8-5-10-38)21(28(45)48-3)16-49-29(18)52-30-26(51-23(15-41)34-2)32(46,47)25(42)22(14-40)50-30/h4,6-7,16-20,22-26,29-30,34,38-42,46-47H,1,5,8-15H2,2-3H3,(H,43,44)(H3,33,35,36). The molecular weight excluding hydrogens is 694 g/mol. The van der Waals surface area contributed by atoms with E-state index in [-0.39, 0.29) is 50.9 Å². The maximum absolute atomic E-state index is 13.0. The summed E-state index contributed by atoms with van der Waals surface area (Å²) in [6.07, 6.45) is -3.66. The lowest BCUT2D eigenvalue weighted by Gasteiger charge is -2.48. The molecule has 52 heavy (non-hydrogen) atoms. The molecule has 296 valence electrons. The third-order valence-electron chi connectivity index (χ3n) is 9.15. The van der Waals surface area contributed by atoms with Crippen LogP contribution < -0.4 is 16.4 Å². The van der Waals surface area contributed by atoms with E-state index in [1.807, 2.05) is 0 Å². The Hall–Kier alpha value is -3.25. The number of aliphatic imine (C=N–C) groups is 1. The van der Waals surface area contributed by atoms with Crippen LogP contribution in [0, 0.1) is 23.7 Å². The summed E-state index contributed by atoms with van der Waals surface area (Å²) < 4.78 is 28.1. The number of carboxylic acids is 1. The average Bonchev–Trinajstić information content (AvgIpc) is 3.12. The highest BCUT2D eigenvalue weighted by molar-refractivity contribution is 5.89. The average molecular weight is 748 g/mol. The van der Waals surface area contributed by atoms with Gasteiger partial charge in [0.2, 0.25) is 12.1 Å². The zero-order chi connectivity index (χ0) is 38.6. The number of aliphatic carboxylic acids is 1. The van der Waals surface area contributed by atoms with Crippen molar-refractivity contribution in [3.05, 3.63) is 36.6 Å². The number of nitrogens with two attached hydrogens (primary N) is 1. The number of methoxy groups -OCH3 is 1. The van der Waals surface area contributed by atoms with Crippen molar-refractivity contribution in [1.82, 2.24) is 15.5 Å². The number of hydrogen-bond donors (Lipinski definition) is 11. The number of rotatable bonds is 18. The lowest BCUT2D eigenvalue weighted by Crippen LogP contribution is -2.69. The summed E-state index contributed by atoms with van der Waals surface area (Å²) in [7, 11) is 2.59. The molecule has 0 aliphatic carbocycles. The smallest absolute Gasteiger partial charge is 0.337 e. The van der Waals surface area contributed by atoms with Crippen LogP contribution in [0.3, 0.4) is 0 Å². The van der Waals surface area contributed by atoms with Crippen molar-refractivity contribution < 1.29 is 74.1 Å². The first-order chi connectivity index (χ1) is 24.8. The van der Waals surface area contributed by atoms with Gasteiger partial charge in [-0.2, -0.15) is 0 Å². The van der Waals surface area contributed by atoms with Gasteiger partial charge in [-0.15, -0.1) is 6.58 Å². The first kappa shape index (κ1) is 43.2. The number of β-amino-alcohol motifs (C(OH)–C–C–N with tert-alkyl or cyclic N) is 1. The molecule has 0 spiro atoms. The number of esters is 1. The van der Waals surface area contributed by atoms with Crippen LogP contribution in [-0.4, -0.2) is 179 Å². The number of carboxylic acid groups (broad SMARTS) is 1. The third-order valence-corrected chi connectivity index (χ3v) is 9.15. The molecule has 11 unspecified atom stereocenters. The van der Waals surface area contributed by atoms with Gasteiger partial charge in [-0.3, -0.25) is 20.0 Å². The number of likely N-dealkylation sites (N-methyl/N-ethyl adjacent to an activating group) is 1. The molecule has 12 N–H and O–H groups in total. The van der Waals surface area contributed by atoms with Gasteiger partial charge in [-0.25, -0.2) is 4.79 Å². The number of aliphatic hydroxyl groups excluding tert-OH is 5. The maximum atomic E-state index is 13.0. The predicted octanol–water partition coefficient (Wildman–Crippen LogP) is -4.65. The Morgan fingerprint density at radius 3 is 2.50 bits per heavy atom. The molecule has 3 aliphatic rings.